The summed E-state index contributed by atoms with van der Waals surface area (Å²) in [6.45, 7) is 4.29. The van der Waals surface area contributed by atoms with Crippen LogP contribution in [0.2, 0.25) is 10.0 Å². The Kier molecular flexibility index (Phi) is 9.42. The minimum atomic E-state index is -0.325. The quantitative estimate of drug-likeness (QED) is 0.171. The van der Waals surface area contributed by atoms with Crippen molar-refractivity contribution in [1.29, 1.82) is 10.7 Å². The Morgan fingerprint density at radius 2 is 1.75 bits per heavy atom. The zero-order valence-corrected chi connectivity index (χ0v) is 30.0. The lowest BCUT2D eigenvalue weighted by Crippen LogP contribution is -2.51. The molecule has 2 aliphatic heterocycles. The van der Waals surface area contributed by atoms with E-state index in [9.17, 15) is 15.5 Å². The van der Waals surface area contributed by atoms with Crippen molar-refractivity contribution < 1.29 is 24.1 Å². The second-order valence-electron chi connectivity index (χ2n) is 13.6. The number of aliphatic hydroxyl groups is 2. The van der Waals surface area contributed by atoms with Gasteiger partial charge in [0.25, 0.3) is 0 Å². The van der Waals surface area contributed by atoms with Gasteiger partial charge in [-0.15, -0.1) is 0 Å². The van der Waals surface area contributed by atoms with Gasteiger partial charge in [0.05, 0.1) is 29.9 Å². The van der Waals surface area contributed by atoms with Gasteiger partial charge in [-0.3, -0.25) is 15.2 Å². The van der Waals surface area contributed by atoms with Gasteiger partial charge in [-0.05, 0) is 48.1 Å². The molecule has 14 heteroatoms. The minimum absolute atomic E-state index is 0.137. The van der Waals surface area contributed by atoms with Crippen LogP contribution in [-0.2, 0) is 19.5 Å². The van der Waals surface area contributed by atoms with Crippen molar-refractivity contribution in [3.05, 3.63) is 86.4 Å². The van der Waals surface area contributed by atoms with Crippen LogP contribution in [0.5, 0.6) is 11.8 Å². The maximum Gasteiger partial charge on any atom is 0.236 e. The number of likely N-dealkylation sites (tertiary alicyclic amines) is 2. The number of rotatable bonds is 10. The molecule has 3 aromatic heterocycles. The monoisotopic (exact) mass is 741 g/mol. The highest BCUT2D eigenvalue weighted by molar-refractivity contribution is 6.36. The van der Waals surface area contributed by atoms with E-state index in [0.29, 0.717) is 73.1 Å². The Balaban J connectivity index is 1.07. The largest absolute Gasteiger partial charge is 0.481 e. The molecule has 1 aliphatic carbocycles. The van der Waals surface area contributed by atoms with Gasteiger partial charge in [-0.1, -0.05) is 53.5 Å². The van der Waals surface area contributed by atoms with Crippen molar-refractivity contribution in [1.82, 2.24) is 24.3 Å². The van der Waals surface area contributed by atoms with E-state index >= 15 is 0 Å². The van der Waals surface area contributed by atoms with E-state index in [1.165, 1.54) is 0 Å². The predicted molar refractivity (Wildman–Crippen MR) is 194 cm³/mol. The second kappa shape index (κ2) is 14.2. The number of aromatic nitrogens is 3. The Hall–Kier alpha value is -4.48. The smallest absolute Gasteiger partial charge is 0.236 e. The number of ether oxygens (including phenoxy) is 2. The maximum absolute atomic E-state index is 9.95. The molecule has 5 aromatic rings. The summed E-state index contributed by atoms with van der Waals surface area (Å²) in [7, 11) is 1.57. The van der Waals surface area contributed by atoms with Crippen LogP contribution in [0.3, 0.4) is 0 Å². The van der Waals surface area contributed by atoms with Gasteiger partial charge in [-0.25, -0.2) is 4.98 Å². The predicted octanol–water partition coefficient (Wildman–Crippen LogP) is 5.33. The van der Waals surface area contributed by atoms with Crippen LogP contribution >= 0.6 is 23.2 Å². The third-order valence-corrected chi connectivity index (χ3v) is 10.9. The first-order valence-electron chi connectivity index (χ1n) is 17.3. The van der Waals surface area contributed by atoms with Crippen LogP contribution in [0.25, 0.3) is 33.7 Å². The summed E-state index contributed by atoms with van der Waals surface area (Å²) in [5.74, 6) is 0.967. The number of nitriles is 1. The first kappa shape index (κ1) is 34.6. The number of fused-ring (bicyclic) bond motifs is 2. The number of β-amino-alcohol motifs (C(OH)–C–C–N with tert-alkyl or cyclic N) is 2. The zero-order chi connectivity index (χ0) is 36.1. The molecule has 0 bridgehead atoms. The summed E-state index contributed by atoms with van der Waals surface area (Å²) in [6, 6.07) is 15.7. The topological polar surface area (TPSA) is 157 Å². The number of methoxy groups -OCH3 is 1. The number of aliphatic hydroxyl groups excluding tert-OH is 2. The molecule has 0 saturated carbocycles. The van der Waals surface area contributed by atoms with Crippen LogP contribution in [0, 0.1) is 16.7 Å². The van der Waals surface area contributed by atoms with Crippen LogP contribution in [-0.4, -0.2) is 86.6 Å². The van der Waals surface area contributed by atoms with Crippen molar-refractivity contribution in [3.8, 4) is 40.4 Å². The van der Waals surface area contributed by atoms with E-state index in [1.54, 1.807) is 17.9 Å². The molecular formula is C38H37Cl2N7O5. The summed E-state index contributed by atoms with van der Waals surface area (Å²) >= 11 is 13.9. The molecule has 0 amide bonds. The molecule has 0 radical (unpaired) electrons. The molecule has 3 aliphatic rings. The minimum Gasteiger partial charge on any atom is -0.481 e. The van der Waals surface area contributed by atoms with E-state index in [0.717, 1.165) is 47.2 Å². The van der Waals surface area contributed by atoms with E-state index in [-0.39, 0.29) is 46.4 Å². The van der Waals surface area contributed by atoms with Gasteiger partial charge >= 0.3 is 0 Å². The number of halogens is 2. The molecule has 52 heavy (non-hydrogen) atoms. The lowest BCUT2D eigenvalue weighted by Gasteiger charge is -2.35. The Morgan fingerprint density at radius 1 is 0.981 bits per heavy atom. The average Bonchev–Trinajstić information content (AvgIpc) is 3.87. The van der Waals surface area contributed by atoms with E-state index in [4.69, 9.17) is 42.5 Å². The third kappa shape index (κ3) is 6.42. The number of nitrogens with zero attached hydrogens (tertiary/aromatic N) is 6. The zero-order valence-electron chi connectivity index (χ0n) is 28.5. The fourth-order valence-electron chi connectivity index (χ4n) is 7.52. The van der Waals surface area contributed by atoms with Crippen molar-refractivity contribution in [2.24, 2.45) is 0 Å². The van der Waals surface area contributed by atoms with Gasteiger partial charge in [0.2, 0.25) is 17.7 Å². The molecule has 0 spiro atoms. The van der Waals surface area contributed by atoms with Gasteiger partial charge in [0.1, 0.15) is 22.8 Å². The van der Waals surface area contributed by atoms with Gasteiger partial charge in [0, 0.05) is 63.1 Å². The molecule has 0 unspecified atom stereocenters. The fraction of sp³-hybridized carbons (Fsp3) is 0.368. The Labute approximate surface area is 309 Å². The van der Waals surface area contributed by atoms with Gasteiger partial charge in [-0.2, -0.15) is 10.2 Å². The molecule has 268 valence electrons. The first-order chi connectivity index (χ1) is 25.2. The SMILES string of the molecule is COc1nc(O[C@H]2CCc3c(-c4cccc(-c5nc6c(=N)n(CCN7CC(O)C7)cc(C#N)c6o5)c4Cl)cccc32)c(Cl)cc1CN1CC[C@@H](O)C1. The molecular weight excluding hydrogens is 705 g/mol. The Bertz CT molecular complexity index is 2280. The van der Waals surface area contributed by atoms with Gasteiger partial charge in [0.15, 0.2) is 16.6 Å². The Morgan fingerprint density at radius 3 is 2.50 bits per heavy atom. The lowest BCUT2D eigenvalue weighted by molar-refractivity contribution is 0.000376. The summed E-state index contributed by atoms with van der Waals surface area (Å²) in [4.78, 5) is 13.6. The standard InChI is InChI=1S/C38H37Cl2N7O5/c1-50-36-21(16-45-11-10-23(48)18-45)14-30(39)38(44-36)51-31-9-8-26-25(4-2-5-27(26)31)28-6-3-7-29(32(28)40)37-43-33-34(52-37)22(15-41)17-47(35(33)42)13-12-46-19-24(49)20-46/h2-7,14,17,23-24,31,42,48-49H,8-13,16,18-20H2,1H3/t23-,31+/m1/s1. The normalized spacial score (nSPS) is 19.2. The second-order valence-corrected chi connectivity index (χ2v) is 14.4. The molecule has 2 aromatic carbocycles. The molecule has 5 heterocycles. The summed E-state index contributed by atoms with van der Waals surface area (Å²) in [6.07, 6.45) is 2.89. The number of hydrogen-bond donors (Lipinski definition) is 3. The third-order valence-electron chi connectivity index (χ3n) is 10.2. The number of oxazole rings is 1. The van der Waals surface area contributed by atoms with Crippen molar-refractivity contribution in [2.45, 2.75) is 50.7 Å². The molecule has 12 nitrogen and oxygen atoms in total. The highest BCUT2D eigenvalue weighted by Gasteiger charge is 2.30. The highest BCUT2D eigenvalue weighted by atomic mass is 35.5. The van der Waals surface area contributed by atoms with E-state index in [1.807, 2.05) is 42.5 Å². The van der Waals surface area contributed by atoms with Crippen LogP contribution in [0.4, 0.5) is 0 Å². The number of pyridine rings is 2. The number of nitrogens with one attached hydrogen (secondary N) is 1. The molecule has 2 fully saturated rings. The number of benzene rings is 2. The maximum atomic E-state index is 9.95. The molecule has 2 saturated heterocycles. The van der Waals surface area contributed by atoms with Gasteiger partial charge < -0.3 is 28.7 Å². The highest BCUT2D eigenvalue weighted by Crippen LogP contribution is 2.45. The van der Waals surface area contributed by atoms with Crippen molar-refractivity contribution in [3.63, 3.8) is 0 Å². The average molecular weight is 743 g/mol. The molecule has 2 atom stereocenters. The van der Waals surface area contributed by atoms with E-state index < -0.39 is 0 Å². The summed E-state index contributed by atoms with van der Waals surface area (Å²) in [5, 5.41) is 39.2. The summed E-state index contributed by atoms with van der Waals surface area (Å²) < 4.78 is 19.9. The van der Waals surface area contributed by atoms with Crippen molar-refractivity contribution >= 4 is 34.3 Å². The van der Waals surface area contributed by atoms with Crippen molar-refractivity contribution in [2.75, 3.05) is 39.8 Å². The van der Waals surface area contributed by atoms with Crippen LogP contribution in [0.1, 0.15) is 41.2 Å². The van der Waals surface area contributed by atoms with Crippen LogP contribution in [0.15, 0.2) is 53.1 Å². The number of hydrogen-bond acceptors (Lipinski definition) is 11. The molecule has 3 N–H and O–H groups in total. The fourth-order valence-corrected chi connectivity index (χ4v) is 8.05. The lowest BCUT2D eigenvalue weighted by atomic mass is 9.95. The summed E-state index contributed by atoms with van der Waals surface area (Å²) in [5.41, 5.74) is 6.20. The van der Waals surface area contributed by atoms with E-state index in [2.05, 4.69) is 25.8 Å². The van der Waals surface area contributed by atoms with Crippen LogP contribution < -0.4 is 15.0 Å². The first-order valence-corrected chi connectivity index (χ1v) is 18.1. The molecule has 8 rings (SSSR count).